The molecule has 0 fully saturated rings. The van der Waals surface area contributed by atoms with Gasteiger partial charge in [-0.05, 0) is 43.2 Å². The number of thiazole rings is 1. The van der Waals surface area contributed by atoms with Gasteiger partial charge < -0.3 is 15.8 Å². The Kier molecular flexibility index (Phi) is 5.53. The van der Waals surface area contributed by atoms with Crippen LogP contribution < -0.4 is 15.8 Å². The number of nitrogen functional groups attached to an aromatic ring is 1. The Labute approximate surface area is 156 Å². The van der Waals surface area contributed by atoms with Gasteiger partial charge in [0.05, 0.1) is 12.2 Å². The molecule has 0 spiro atoms. The van der Waals surface area contributed by atoms with Crippen LogP contribution in [0, 0.1) is 6.92 Å². The quantitative estimate of drug-likeness (QED) is 0.645. The van der Waals surface area contributed by atoms with Gasteiger partial charge in [0, 0.05) is 29.4 Å². The van der Waals surface area contributed by atoms with Crippen LogP contribution in [0.5, 0.6) is 5.75 Å². The van der Waals surface area contributed by atoms with E-state index >= 15 is 0 Å². The zero-order valence-corrected chi connectivity index (χ0v) is 15.6. The maximum absolute atomic E-state index is 12.6. The molecule has 26 heavy (non-hydrogen) atoms. The molecule has 0 radical (unpaired) electrons. The number of ether oxygens (including phenoxy) is 1. The van der Waals surface area contributed by atoms with E-state index in [0.717, 1.165) is 21.7 Å². The molecule has 1 heterocycles. The molecule has 0 aliphatic heterocycles. The van der Waals surface area contributed by atoms with Crippen molar-refractivity contribution in [1.29, 1.82) is 0 Å². The molecule has 1 amide bonds. The normalized spacial score (nSPS) is 10.5. The number of aryl methyl sites for hydroxylation is 1. The highest BCUT2D eigenvalue weighted by atomic mass is 32.1. The number of benzene rings is 2. The summed E-state index contributed by atoms with van der Waals surface area (Å²) in [6.45, 7) is 4.68. The highest BCUT2D eigenvalue weighted by molar-refractivity contribution is 7.13. The Bertz CT molecular complexity index is 907. The van der Waals surface area contributed by atoms with E-state index in [-0.39, 0.29) is 5.91 Å². The molecular weight excluding hydrogens is 346 g/mol. The van der Waals surface area contributed by atoms with Crippen LogP contribution in [0.4, 0.5) is 5.69 Å². The zero-order valence-electron chi connectivity index (χ0n) is 14.8. The average molecular weight is 367 g/mol. The third-order valence-corrected chi connectivity index (χ3v) is 4.79. The van der Waals surface area contributed by atoms with Gasteiger partial charge in [-0.1, -0.05) is 18.2 Å². The van der Waals surface area contributed by atoms with Gasteiger partial charge in [0.1, 0.15) is 10.8 Å². The Morgan fingerprint density at radius 1 is 1.31 bits per heavy atom. The van der Waals surface area contributed by atoms with E-state index in [1.165, 1.54) is 0 Å². The second kappa shape index (κ2) is 8.01. The zero-order chi connectivity index (χ0) is 18.5. The number of hydrogen-bond donors (Lipinski definition) is 2. The van der Waals surface area contributed by atoms with Crippen molar-refractivity contribution < 1.29 is 9.53 Å². The highest BCUT2D eigenvalue weighted by Crippen LogP contribution is 2.26. The molecule has 0 saturated heterocycles. The number of carbonyl (C=O) groups is 1. The van der Waals surface area contributed by atoms with Crippen LogP contribution >= 0.6 is 11.3 Å². The molecular formula is C20H21N3O2S. The summed E-state index contributed by atoms with van der Waals surface area (Å²) in [5, 5.41) is 5.85. The Hall–Kier alpha value is -2.86. The Morgan fingerprint density at radius 2 is 2.15 bits per heavy atom. The number of rotatable bonds is 6. The summed E-state index contributed by atoms with van der Waals surface area (Å²) in [5.41, 5.74) is 9.92. The van der Waals surface area contributed by atoms with Crippen molar-refractivity contribution in [3.8, 4) is 16.3 Å². The van der Waals surface area contributed by atoms with E-state index in [2.05, 4.69) is 10.3 Å². The molecule has 0 saturated carbocycles. The molecule has 0 aliphatic rings. The average Bonchev–Trinajstić information content (AvgIpc) is 3.18. The van der Waals surface area contributed by atoms with Crippen LogP contribution in [0.25, 0.3) is 10.6 Å². The lowest BCUT2D eigenvalue weighted by Crippen LogP contribution is -2.23. The van der Waals surface area contributed by atoms with E-state index in [1.807, 2.05) is 43.5 Å². The third-order valence-electron chi connectivity index (χ3n) is 3.97. The highest BCUT2D eigenvalue weighted by Gasteiger charge is 2.14. The number of anilines is 1. The number of nitrogens with zero attached hydrogens (tertiary/aromatic N) is 1. The van der Waals surface area contributed by atoms with Gasteiger partial charge in [-0.25, -0.2) is 4.98 Å². The second-order valence-electron chi connectivity index (χ2n) is 5.86. The van der Waals surface area contributed by atoms with E-state index in [4.69, 9.17) is 10.5 Å². The van der Waals surface area contributed by atoms with E-state index in [0.29, 0.717) is 30.2 Å². The number of nitrogens with one attached hydrogen (secondary N) is 1. The maximum Gasteiger partial charge on any atom is 0.255 e. The van der Waals surface area contributed by atoms with Crippen LogP contribution in [0.2, 0.25) is 0 Å². The van der Waals surface area contributed by atoms with Crippen molar-refractivity contribution in [3.63, 3.8) is 0 Å². The number of amides is 1. The molecule has 2 aromatic carbocycles. The van der Waals surface area contributed by atoms with E-state index in [9.17, 15) is 4.79 Å². The fraction of sp³-hybridized carbons (Fsp3) is 0.200. The minimum Gasteiger partial charge on any atom is -0.493 e. The molecule has 1 aromatic heterocycles. The summed E-state index contributed by atoms with van der Waals surface area (Å²) in [5.74, 6) is 0.341. The lowest BCUT2D eigenvalue weighted by molar-refractivity contribution is 0.0947. The number of nitrogens with two attached hydrogens (primary N) is 1. The first-order valence-electron chi connectivity index (χ1n) is 8.38. The number of hydrogen-bond acceptors (Lipinski definition) is 5. The lowest BCUT2D eigenvalue weighted by atomic mass is 10.1. The van der Waals surface area contributed by atoms with Gasteiger partial charge in [-0.15, -0.1) is 11.3 Å². The molecule has 6 heteroatoms. The van der Waals surface area contributed by atoms with Crippen LogP contribution in [0.15, 0.2) is 48.0 Å². The van der Waals surface area contributed by atoms with Crippen molar-refractivity contribution in [2.24, 2.45) is 0 Å². The van der Waals surface area contributed by atoms with Gasteiger partial charge >= 0.3 is 0 Å². The van der Waals surface area contributed by atoms with Gasteiger partial charge in [0.25, 0.3) is 5.91 Å². The summed E-state index contributed by atoms with van der Waals surface area (Å²) in [7, 11) is 0. The summed E-state index contributed by atoms with van der Waals surface area (Å²) < 4.78 is 5.59. The smallest absolute Gasteiger partial charge is 0.255 e. The van der Waals surface area contributed by atoms with Crippen molar-refractivity contribution >= 4 is 22.9 Å². The molecule has 0 atom stereocenters. The number of aromatic nitrogens is 1. The van der Waals surface area contributed by atoms with Crippen molar-refractivity contribution in [2.75, 3.05) is 12.3 Å². The third kappa shape index (κ3) is 4.03. The summed E-state index contributed by atoms with van der Waals surface area (Å²) >= 11 is 1.59. The second-order valence-corrected chi connectivity index (χ2v) is 6.75. The standard InChI is InChI=1S/C20H21N3O2S/c1-3-25-18-9-13(2)17(21)11-16(18)19(24)23-12-14-5-4-6-15(10-14)20-22-7-8-26-20/h4-11H,3,12,21H2,1-2H3,(H,23,24). The van der Waals surface area contributed by atoms with Gasteiger partial charge in [0.15, 0.2) is 0 Å². The fourth-order valence-electron chi connectivity index (χ4n) is 2.61. The van der Waals surface area contributed by atoms with Gasteiger partial charge in [0.2, 0.25) is 0 Å². The summed E-state index contributed by atoms with van der Waals surface area (Å²) in [6.07, 6.45) is 1.78. The van der Waals surface area contributed by atoms with Crippen LogP contribution in [0.3, 0.4) is 0 Å². The molecule has 0 bridgehead atoms. The van der Waals surface area contributed by atoms with Crippen LogP contribution in [-0.4, -0.2) is 17.5 Å². The first kappa shape index (κ1) is 17.9. The maximum atomic E-state index is 12.6. The first-order valence-corrected chi connectivity index (χ1v) is 9.26. The summed E-state index contributed by atoms with van der Waals surface area (Å²) in [6, 6.07) is 11.5. The van der Waals surface area contributed by atoms with Gasteiger partial charge in [-0.3, -0.25) is 4.79 Å². The fourth-order valence-corrected chi connectivity index (χ4v) is 3.24. The monoisotopic (exact) mass is 367 g/mol. The molecule has 0 unspecified atom stereocenters. The Balaban J connectivity index is 1.75. The molecule has 0 aliphatic carbocycles. The van der Waals surface area contributed by atoms with Crippen LogP contribution in [0.1, 0.15) is 28.4 Å². The Morgan fingerprint density at radius 3 is 2.88 bits per heavy atom. The van der Waals surface area contributed by atoms with Crippen molar-refractivity contribution in [2.45, 2.75) is 20.4 Å². The lowest BCUT2D eigenvalue weighted by Gasteiger charge is -2.13. The molecule has 3 aromatic rings. The largest absolute Gasteiger partial charge is 0.493 e. The SMILES string of the molecule is CCOc1cc(C)c(N)cc1C(=O)NCc1cccc(-c2nccs2)c1. The van der Waals surface area contributed by atoms with Crippen molar-refractivity contribution in [3.05, 3.63) is 64.7 Å². The number of carbonyl (C=O) groups excluding carboxylic acids is 1. The first-order chi connectivity index (χ1) is 12.6. The predicted molar refractivity (Wildman–Crippen MR) is 105 cm³/mol. The van der Waals surface area contributed by atoms with E-state index in [1.54, 1.807) is 29.7 Å². The minimum atomic E-state index is -0.209. The molecule has 5 nitrogen and oxygen atoms in total. The van der Waals surface area contributed by atoms with Crippen molar-refractivity contribution in [1.82, 2.24) is 10.3 Å². The molecule has 134 valence electrons. The van der Waals surface area contributed by atoms with Crippen LogP contribution in [-0.2, 0) is 6.54 Å². The molecule has 3 N–H and O–H groups in total. The predicted octanol–water partition coefficient (Wildman–Crippen LogP) is 4.03. The topological polar surface area (TPSA) is 77.2 Å². The van der Waals surface area contributed by atoms with Gasteiger partial charge in [-0.2, -0.15) is 0 Å². The molecule has 3 rings (SSSR count). The minimum absolute atomic E-state index is 0.209. The summed E-state index contributed by atoms with van der Waals surface area (Å²) in [4.78, 5) is 17.0. The van der Waals surface area contributed by atoms with E-state index < -0.39 is 0 Å².